The Balaban J connectivity index is 1.75. The Hall–Kier alpha value is -2.21. The number of hydrogen-bond donors (Lipinski definition) is 1. The minimum Gasteiger partial charge on any atom is -0.469 e. The molecule has 2 aromatic rings. The highest BCUT2D eigenvalue weighted by Gasteiger charge is 2.37. The first kappa shape index (κ1) is 29.3. The van der Waals surface area contributed by atoms with Crippen LogP contribution in [-0.2, 0) is 32.2 Å². The monoisotopic (exact) mass is 510 g/mol. The standard InChI is InChI=1S/C32H46O5/c1-35-30(34)16-11-19-32(26-36-24-28-12-5-2-6-13-28,27-37-25-29-14-7-3-8-15-29)21-20-31(22-23-33)17-9-4-10-18-31/h2-3,5-8,12-15,33H,4,9-11,16-27H2,1H3. The molecule has 3 rings (SSSR count). The van der Waals surface area contributed by atoms with Gasteiger partial charge in [0.15, 0.2) is 0 Å². The van der Waals surface area contributed by atoms with Crippen molar-refractivity contribution >= 4 is 5.97 Å². The van der Waals surface area contributed by atoms with Crippen LogP contribution in [0.25, 0.3) is 0 Å². The van der Waals surface area contributed by atoms with Gasteiger partial charge < -0.3 is 19.3 Å². The summed E-state index contributed by atoms with van der Waals surface area (Å²) in [5, 5.41) is 9.88. The van der Waals surface area contributed by atoms with Gasteiger partial charge in [0, 0.05) is 18.4 Å². The van der Waals surface area contributed by atoms with E-state index in [0.29, 0.717) is 32.8 Å². The fraction of sp³-hybridized carbons (Fsp3) is 0.594. The highest BCUT2D eigenvalue weighted by molar-refractivity contribution is 5.69. The van der Waals surface area contributed by atoms with Crippen LogP contribution in [0.2, 0.25) is 0 Å². The summed E-state index contributed by atoms with van der Waals surface area (Å²) in [5.74, 6) is -0.173. The zero-order valence-corrected chi connectivity index (χ0v) is 22.7. The van der Waals surface area contributed by atoms with Gasteiger partial charge in [-0.3, -0.25) is 4.79 Å². The van der Waals surface area contributed by atoms with Gasteiger partial charge in [0.1, 0.15) is 0 Å². The quantitative estimate of drug-likeness (QED) is 0.235. The summed E-state index contributed by atoms with van der Waals surface area (Å²) in [6.45, 7) is 2.50. The molecule has 0 saturated heterocycles. The molecule has 0 spiro atoms. The van der Waals surface area contributed by atoms with Crippen LogP contribution in [0.4, 0.5) is 0 Å². The lowest BCUT2D eigenvalue weighted by atomic mass is 9.66. The lowest BCUT2D eigenvalue weighted by Gasteiger charge is -2.41. The summed E-state index contributed by atoms with van der Waals surface area (Å²) in [6.07, 6.45) is 11.0. The second kappa shape index (κ2) is 15.9. The minimum absolute atomic E-state index is 0.173. The van der Waals surface area contributed by atoms with E-state index in [9.17, 15) is 9.90 Å². The van der Waals surface area contributed by atoms with Gasteiger partial charge in [-0.1, -0.05) is 79.9 Å². The largest absolute Gasteiger partial charge is 0.469 e. The molecular formula is C32H46O5. The predicted molar refractivity (Wildman–Crippen MR) is 147 cm³/mol. The molecule has 0 radical (unpaired) electrons. The first-order valence-corrected chi connectivity index (χ1v) is 14.0. The number of carbonyl (C=O) groups is 1. The Morgan fingerprint density at radius 2 is 1.41 bits per heavy atom. The Kier molecular flexibility index (Phi) is 12.6. The predicted octanol–water partition coefficient (Wildman–Crippen LogP) is 6.86. The first-order chi connectivity index (χ1) is 18.1. The highest BCUT2D eigenvalue weighted by atomic mass is 16.5. The van der Waals surface area contributed by atoms with Crippen LogP contribution in [0.3, 0.4) is 0 Å². The van der Waals surface area contributed by atoms with Crippen molar-refractivity contribution in [1.29, 1.82) is 0 Å². The normalized spacial score (nSPS) is 15.4. The zero-order valence-electron chi connectivity index (χ0n) is 22.7. The van der Waals surface area contributed by atoms with Crippen LogP contribution in [0.1, 0.15) is 81.8 Å². The van der Waals surface area contributed by atoms with Crippen LogP contribution in [0.5, 0.6) is 0 Å². The molecule has 1 aliphatic rings. The van der Waals surface area contributed by atoms with Crippen molar-refractivity contribution in [3.8, 4) is 0 Å². The van der Waals surface area contributed by atoms with Crippen LogP contribution < -0.4 is 0 Å². The molecule has 1 saturated carbocycles. The summed E-state index contributed by atoms with van der Waals surface area (Å²) in [6, 6.07) is 20.5. The molecule has 204 valence electrons. The maximum Gasteiger partial charge on any atom is 0.305 e. The van der Waals surface area contributed by atoms with Crippen molar-refractivity contribution in [2.24, 2.45) is 10.8 Å². The van der Waals surface area contributed by atoms with Crippen molar-refractivity contribution in [2.75, 3.05) is 26.9 Å². The molecule has 5 heteroatoms. The third-order valence-electron chi connectivity index (χ3n) is 8.10. The van der Waals surface area contributed by atoms with E-state index >= 15 is 0 Å². The third-order valence-corrected chi connectivity index (χ3v) is 8.10. The molecule has 0 bridgehead atoms. The summed E-state index contributed by atoms with van der Waals surface area (Å²) < 4.78 is 17.6. The number of methoxy groups -OCH3 is 1. The van der Waals surface area contributed by atoms with Gasteiger partial charge in [-0.25, -0.2) is 0 Å². The molecule has 0 unspecified atom stereocenters. The molecular weight excluding hydrogens is 464 g/mol. The summed E-state index contributed by atoms with van der Waals surface area (Å²) in [5.41, 5.74) is 2.29. The van der Waals surface area contributed by atoms with E-state index in [4.69, 9.17) is 14.2 Å². The molecule has 2 aromatic carbocycles. The van der Waals surface area contributed by atoms with Crippen molar-refractivity contribution in [2.45, 2.75) is 83.8 Å². The van der Waals surface area contributed by atoms with E-state index in [-0.39, 0.29) is 23.4 Å². The number of hydrogen-bond acceptors (Lipinski definition) is 5. The number of rotatable bonds is 17. The molecule has 5 nitrogen and oxygen atoms in total. The number of aliphatic hydroxyl groups is 1. The van der Waals surface area contributed by atoms with E-state index in [1.165, 1.54) is 39.2 Å². The zero-order chi connectivity index (χ0) is 26.2. The van der Waals surface area contributed by atoms with Crippen molar-refractivity contribution < 1.29 is 24.1 Å². The highest BCUT2D eigenvalue weighted by Crippen LogP contribution is 2.46. The van der Waals surface area contributed by atoms with Gasteiger partial charge in [-0.2, -0.15) is 0 Å². The molecule has 37 heavy (non-hydrogen) atoms. The lowest BCUT2D eigenvalue weighted by molar-refractivity contribution is -0.141. The van der Waals surface area contributed by atoms with Gasteiger partial charge in [-0.05, 0) is 61.5 Å². The smallest absolute Gasteiger partial charge is 0.305 e. The lowest BCUT2D eigenvalue weighted by Crippen LogP contribution is -2.36. The molecule has 0 aromatic heterocycles. The maximum absolute atomic E-state index is 11.9. The molecule has 1 N–H and O–H groups in total. The second-order valence-corrected chi connectivity index (χ2v) is 10.9. The van der Waals surface area contributed by atoms with Crippen molar-refractivity contribution in [1.82, 2.24) is 0 Å². The SMILES string of the molecule is COC(=O)CCCC(CCC1(CCO)CCCCC1)(COCc1ccccc1)COCc1ccccc1. The maximum atomic E-state index is 11.9. The molecule has 0 heterocycles. The molecule has 0 amide bonds. The van der Waals surface area contributed by atoms with E-state index in [0.717, 1.165) is 43.2 Å². The van der Waals surface area contributed by atoms with Gasteiger partial charge in [0.05, 0.1) is 33.5 Å². The first-order valence-electron chi connectivity index (χ1n) is 14.0. The Labute approximate surface area is 223 Å². The van der Waals surface area contributed by atoms with E-state index < -0.39 is 0 Å². The number of esters is 1. The van der Waals surface area contributed by atoms with Gasteiger partial charge in [-0.15, -0.1) is 0 Å². The Morgan fingerprint density at radius 3 is 1.92 bits per heavy atom. The molecule has 0 aliphatic heterocycles. The average Bonchev–Trinajstić information content (AvgIpc) is 2.94. The van der Waals surface area contributed by atoms with E-state index in [1.54, 1.807) is 0 Å². The fourth-order valence-corrected chi connectivity index (χ4v) is 5.78. The fourth-order valence-electron chi connectivity index (χ4n) is 5.78. The van der Waals surface area contributed by atoms with Crippen LogP contribution in [0, 0.1) is 10.8 Å². The Morgan fingerprint density at radius 1 is 0.838 bits per heavy atom. The van der Waals surface area contributed by atoms with Crippen molar-refractivity contribution in [3.05, 3.63) is 71.8 Å². The van der Waals surface area contributed by atoms with Gasteiger partial charge >= 0.3 is 5.97 Å². The summed E-state index contributed by atoms with van der Waals surface area (Å²) in [4.78, 5) is 11.9. The van der Waals surface area contributed by atoms with Crippen LogP contribution in [-0.4, -0.2) is 38.0 Å². The van der Waals surface area contributed by atoms with Crippen molar-refractivity contribution in [3.63, 3.8) is 0 Å². The van der Waals surface area contributed by atoms with Crippen LogP contribution >= 0.6 is 0 Å². The summed E-state index contributed by atoms with van der Waals surface area (Å²) >= 11 is 0. The molecule has 1 aliphatic carbocycles. The number of ether oxygens (including phenoxy) is 3. The van der Waals surface area contributed by atoms with E-state index in [1.807, 2.05) is 36.4 Å². The van der Waals surface area contributed by atoms with Crippen LogP contribution in [0.15, 0.2) is 60.7 Å². The topological polar surface area (TPSA) is 65.0 Å². The molecule has 0 atom stereocenters. The number of aliphatic hydroxyl groups excluding tert-OH is 1. The second-order valence-electron chi connectivity index (χ2n) is 10.9. The minimum atomic E-state index is -0.211. The van der Waals surface area contributed by atoms with E-state index in [2.05, 4.69) is 24.3 Å². The average molecular weight is 511 g/mol. The third kappa shape index (κ3) is 10.2. The number of benzene rings is 2. The van der Waals surface area contributed by atoms with Gasteiger partial charge in [0.2, 0.25) is 0 Å². The molecule has 1 fully saturated rings. The number of carbonyl (C=O) groups excluding carboxylic acids is 1. The summed E-state index contributed by atoms with van der Waals surface area (Å²) in [7, 11) is 1.45. The Bertz CT molecular complexity index is 826. The van der Waals surface area contributed by atoms with Gasteiger partial charge in [0.25, 0.3) is 0 Å².